The predicted molar refractivity (Wildman–Crippen MR) is 40.4 cm³/mol. The molecule has 0 saturated heterocycles. The maximum absolute atomic E-state index is 10.7. The van der Waals surface area contributed by atoms with Gasteiger partial charge in [-0.3, -0.25) is 9.59 Å². The molecule has 0 aromatic heterocycles. The number of halogens is 1. The van der Waals surface area contributed by atoms with Crippen LogP contribution in [0.1, 0.15) is 6.92 Å². The highest BCUT2D eigenvalue weighted by molar-refractivity contribution is 6.18. The van der Waals surface area contributed by atoms with Crippen LogP contribution in [0.25, 0.3) is 0 Å². The van der Waals surface area contributed by atoms with Crippen molar-refractivity contribution >= 4 is 23.5 Å². The summed E-state index contributed by atoms with van der Waals surface area (Å²) in [5.41, 5.74) is 0. The molecule has 0 unspecified atom stereocenters. The van der Waals surface area contributed by atoms with Crippen molar-refractivity contribution in [2.45, 2.75) is 6.92 Å². The second-order valence-corrected chi connectivity index (χ2v) is 2.20. The minimum Gasteiger partial charge on any atom is -0.456 e. The summed E-state index contributed by atoms with van der Waals surface area (Å²) in [4.78, 5) is 20.9. The Labute approximate surface area is 69.9 Å². The molecule has 0 atom stereocenters. The van der Waals surface area contributed by atoms with Crippen LogP contribution in [0.5, 0.6) is 0 Å². The number of esters is 1. The topological polar surface area (TPSA) is 55.4 Å². The monoisotopic (exact) mass is 179 g/mol. The van der Waals surface area contributed by atoms with Gasteiger partial charge in [0.15, 0.2) is 6.61 Å². The third-order valence-corrected chi connectivity index (χ3v) is 1.01. The van der Waals surface area contributed by atoms with Gasteiger partial charge in [-0.25, -0.2) is 0 Å². The van der Waals surface area contributed by atoms with E-state index >= 15 is 0 Å². The number of rotatable bonds is 4. The van der Waals surface area contributed by atoms with Crippen molar-refractivity contribution in [3.8, 4) is 0 Å². The fraction of sp³-hybridized carbons (Fsp3) is 0.667. The summed E-state index contributed by atoms with van der Waals surface area (Å²) in [5.74, 6) is -0.446. The fourth-order valence-electron chi connectivity index (χ4n) is 0.405. The van der Waals surface area contributed by atoms with Gasteiger partial charge in [0.1, 0.15) is 0 Å². The number of carbonyl (C=O) groups excluding carboxylic acids is 2. The zero-order chi connectivity index (χ0) is 8.69. The lowest BCUT2D eigenvalue weighted by molar-refractivity contribution is -0.146. The fourth-order valence-corrected chi connectivity index (χ4v) is 0.499. The van der Waals surface area contributed by atoms with Crippen LogP contribution in [0.3, 0.4) is 0 Å². The van der Waals surface area contributed by atoms with E-state index in [1.165, 1.54) is 6.92 Å². The molecule has 0 bridgehead atoms. The molecule has 0 rings (SSSR count). The van der Waals surface area contributed by atoms with Gasteiger partial charge in [-0.05, 0) is 0 Å². The predicted octanol–water partition coefficient (Wildman–Crippen LogP) is -0.0955. The molecule has 0 heterocycles. The van der Waals surface area contributed by atoms with E-state index in [0.717, 1.165) is 0 Å². The molecule has 0 spiro atoms. The average Bonchev–Trinajstić information content (AvgIpc) is 1.97. The number of nitrogens with one attached hydrogen (secondary N) is 1. The van der Waals surface area contributed by atoms with Crippen LogP contribution in [-0.4, -0.2) is 30.9 Å². The highest BCUT2D eigenvalue weighted by atomic mass is 35.5. The van der Waals surface area contributed by atoms with E-state index < -0.39 is 5.97 Å². The Hall–Kier alpha value is -0.770. The summed E-state index contributed by atoms with van der Waals surface area (Å²) in [5, 5.41) is 2.44. The number of alkyl halides is 1. The zero-order valence-electron chi connectivity index (χ0n) is 6.22. The first-order chi connectivity index (χ1) is 5.16. The van der Waals surface area contributed by atoms with E-state index in [1.807, 2.05) is 0 Å². The Balaban J connectivity index is 3.30. The molecular formula is C6H10ClNO3. The maximum atomic E-state index is 10.7. The van der Waals surface area contributed by atoms with Crippen LogP contribution in [0.15, 0.2) is 0 Å². The Bertz CT molecular complexity index is 149. The van der Waals surface area contributed by atoms with Crippen molar-refractivity contribution in [2.24, 2.45) is 0 Å². The van der Waals surface area contributed by atoms with Crippen molar-refractivity contribution in [3.63, 3.8) is 0 Å². The van der Waals surface area contributed by atoms with E-state index in [1.54, 1.807) is 0 Å². The summed E-state index contributed by atoms with van der Waals surface area (Å²) in [6.07, 6.45) is 0. The lowest BCUT2D eigenvalue weighted by Crippen LogP contribution is -2.29. The van der Waals surface area contributed by atoms with Crippen LogP contribution in [0.4, 0.5) is 0 Å². The molecule has 0 aliphatic carbocycles. The van der Waals surface area contributed by atoms with E-state index in [0.29, 0.717) is 12.4 Å². The van der Waals surface area contributed by atoms with Crippen LogP contribution < -0.4 is 5.32 Å². The van der Waals surface area contributed by atoms with Crippen LogP contribution in [0, 0.1) is 0 Å². The lowest BCUT2D eigenvalue weighted by atomic mass is 10.6. The van der Waals surface area contributed by atoms with E-state index in [-0.39, 0.29) is 12.5 Å². The largest absolute Gasteiger partial charge is 0.456 e. The highest BCUT2D eigenvalue weighted by Gasteiger charge is 2.01. The minimum atomic E-state index is -0.467. The molecule has 0 aliphatic rings. The Morgan fingerprint density at radius 3 is 2.64 bits per heavy atom. The van der Waals surface area contributed by atoms with Gasteiger partial charge in [-0.2, -0.15) is 0 Å². The number of hydrogen-bond donors (Lipinski definition) is 1. The van der Waals surface area contributed by atoms with E-state index in [9.17, 15) is 9.59 Å². The molecule has 1 N–H and O–H groups in total. The molecule has 0 fully saturated rings. The van der Waals surface area contributed by atoms with Gasteiger partial charge in [0, 0.05) is 19.3 Å². The van der Waals surface area contributed by atoms with Crippen molar-refractivity contribution in [2.75, 3.05) is 19.0 Å². The first-order valence-corrected chi connectivity index (χ1v) is 3.66. The quantitative estimate of drug-likeness (QED) is 0.485. The molecule has 0 aromatic rings. The standard InChI is InChI=1S/C6H10ClNO3/c1-5(9)11-4-6(10)8-3-2-7/h2-4H2,1H3,(H,8,10). The Kier molecular flexibility index (Phi) is 5.56. The van der Waals surface area contributed by atoms with Crippen molar-refractivity contribution in [1.29, 1.82) is 0 Å². The van der Waals surface area contributed by atoms with Gasteiger partial charge in [-0.1, -0.05) is 0 Å². The molecule has 1 amide bonds. The summed E-state index contributed by atoms with van der Waals surface area (Å²) in [7, 11) is 0. The number of carbonyl (C=O) groups is 2. The van der Waals surface area contributed by atoms with Crippen molar-refractivity contribution in [3.05, 3.63) is 0 Å². The first-order valence-electron chi connectivity index (χ1n) is 3.13. The summed E-state index contributed by atoms with van der Waals surface area (Å²) in [6, 6.07) is 0. The molecule has 11 heavy (non-hydrogen) atoms. The summed E-state index contributed by atoms with van der Waals surface area (Å²) < 4.78 is 4.41. The first kappa shape index (κ1) is 10.2. The second-order valence-electron chi connectivity index (χ2n) is 1.82. The normalized spacial score (nSPS) is 8.91. The molecule has 64 valence electrons. The average molecular weight is 180 g/mol. The molecular weight excluding hydrogens is 170 g/mol. The summed E-state index contributed by atoms with van der Waals surface area (Å²) in [6.45, 7) is 1.41. The highest BCUT2D eigenvalue weighted by Crippen LogP contribution is 1.76. The molecule has 0 aromatic carbocycles. The number of amides is 1. The maximum Gasteiger partial charge on any atom is 0.303 e. The van der Waals surface area contributed by atoms with Gasteiger partial charge in [0.25, 0.3) is 5.91 Å². The molecule has 4 nitrogen and oxygen atoms in total. The van der Waals surface area contributed by atoms with Gasteiger partial charge >= 0.3 is 5.97 Å². The van der Waals surface area contributed by atoms with Gasteiger partial charge in [0.05, 0.1) is 0 Å². The van der Waals surface area contributed by atoms with Crippen molar-refractivity contribution in [1.82, 2.24) is 5.32 Å². The SMILES string of the molecule is CC(=O)OCC(=O)NCCCl. The third kappa shape index (κ3) is 7.12. The summed E-state index contributed by atoms with van der Waals surface area (Å²) >= 11 is 5.29. The number of ether oxygens (including phenoxy) is 1. The van der Waals surface area contributed by atoms with Crippen LogP contribution in [0.2, 0.25) is 0 Å². The zero-order valence-corrected chi connectivity index (χ0v) is 6.98. The molecule has 5 heteroatoms. The van der Waals surface area contributed by atoms with Crippen molar-refractivity contribution < 1.29 is 14.3 Å². The van der Waals surface area contributed by atoms with Gasteiger partial charge in [-0.15, -0.1) is 11.6 Å². The van der Waals surface area contributed by atoms with Crippen LogP contribution in [-0.2, 0) is 14.3 Å². The Morgan fingerprint density at radius 1 is 1.55 bits per heavy atom. The van der Waals surface area contributed by atoms with E-state index in [2.05, 4.69) is 10.1 Å². The number of hydrogen-bond acceptors (Lipinski definition) is 3. The molecule has 0 radical (unpaired) electrons. The lowest BCUT2D eigenvalue weighted by Gasteiger charge is -2.01. The molecule has 0 saturated carbocycles. The van der Waals surface area contributed by atoms with E-state index in [4.69, 9.17) is 11.6 Å². The molecule has 0 aliphatic heterocycles. The van der Waals surface area contributed by atoms with Gasteiger partial charge in [0.2, 0.25) is 0 Å². The second kappa shape index (κ2) is 5.97. The Morgan fingerprint density at radius 2 is 2.18 bits per heavy atom. The third-order valence-electron chi connectivity index (χ3n) is 0.823. The smallest absolute Gasteiger partial charge is 0.303 e. The van der Waals surface area contributed by atoms with Gasteiger partial charge < -0.3 is 10.1 Å². The minimum absolute atomic E-state index is 0.230. The van der Waals surface area contributed by atoms with Crippen LogP contribution >= 0.6 is 11.6 Å².